The highest BCUT2D eigenvalue weighted by molar-refractivity contribution is 6.00. The molecule has 0 radical (unpaired) electrons. The number of nitrogens with zero attached hydrogens (tertiary/aromatic N) is 5. The number of fused-ring (bicyclic) bond motifs is 1. The molecule has 2 amide bonds. The first kappa shape index (κ1) is 27.1. The molecule has 2 aromatic heterocycles. The summed E-state index contributed by atoms with van der Waals surface area (Å²) in [5.41, 5.74) is 11.8. The lowest BCUT2D eigenvalue weighted by atomic mass is 9.98. The van der Waals surface area contributed by atoms with E-state index in [9.17, 15) is 14.4 Å². The summed E-state index contributed by atoms with van der Waals surface area (Å²) in [6, 6.07) is 13.4. The lowest BCUT2D eigenvalue weighted by Crippen LogP contribution is -2.42. The van der Waals surface area contributed by atoms with Crippen molar-refractivity contribution in [1.29, 1.82) is 5.26 Å². The van der Waals surface area contributed by atoms with Gasteiger partial charge in [0.1, 0.15) is 17.7 Å². The minimum Gasteiger partial charge on any atom is -0.382 e. The number of carbonyl (C=O) groups is 1. The van der Waals surface area contributed by atoms with Crippen LogP contribution in [0.1, 0.15) is 30.2 Å². The van der Waals surface area contributed by atoms with Crippen LogP contribution in [0.5, 0.6) is 0 Å². The van der Waals surface area contributed by atoms with Crippen LogP contribution in [0.3, 0.4) is 0 Å². The van der Waals surface area contributed by atoms with Gasteiger partial charge in [-0.15, -0.1) is 0 Å². The maximum absolute atomic E-state index is 14.1. The topological polar surface area (TPSA) is 134 Å². The Morgan fingerprint density at radius 2 is 2.05 bits per heavy atom. The molecule has 1 aliphatic rings. The SMILES string of the molecule is CCC1CN(Cc2c(CC#N)c(-c3ccc(NC(=O)Nc4cc(C)ccc4F)cc3)c3c(N)ncnn23)CCO1. The molecule has 0 aliphatic carbocycles. The molecule has 3 heterocycles. The van der Waals surface area contributed by atoms with Crippen LogP contribution in [0.4, 0.5) is 26.4 Å². The zero-order valence-electron chi connectivity index (χ0n) is 22.4. The molecule has 4 N–H and O–H groups in total. The van der Waals surface area contributed by atoms with E-state index in [-0.39, 0.29) is 18.2 Å². The van der Waals surface area contributed by atoms with Gasteiger partial charge < -0.3 is 21.1 Å². The Kier molecular flexibility index (Phi) is 7.91. The van der Waals surface area contributed by atoms with Gasteiger partial charge in [-0.05, 0) is 54.3 Å². The largest absolute Gasteiger partial charge is 0.382 e. The second kappa shape index (κ2) is 11.7. The number of nitrogens with two attached hydrogens (primary N) is 1. The Bertz CT molecular complexity index is 1580. The second-order valence-corrected chi connectivity index (χ2v) is 9.82. The minimum atomic E-state index is -0.562. The van der Waals surface area contributed by atoms with Gasteiger partial charge in [-0.25, -0.2) is 18.7 Å². The molecule has 1 atom stereocenters. The van der Waals surface area contributed by atoms with Crippen molar-refractivity contribution in [2.75, 3.05) is 36.1 Å². The highest BCUT2D eigenvalue weighted by Gasteiger charge is 2.26. The third-order valence-corrected chi connectivity index (χ3v) is 7.07. The number of rotatable bonds is 7. The van der Waals surface area contributed by atoms with E-state index >= 15 is 0 Å². The monoisotopic (exact) mass is 542 g/mol. The lowest BCUT2D eigenvalue weighted by Gasteiger charge is -2.32. The summed E-state index contributed by atoms with van der Waals surface area (Å²) in [5.74, 6) is -0.203. The van der Waals surface area contributed by atoms with Crippen molar-refractivity contribution in [3.8, 4) is 17.2 Å². The number of amides is 2. The van der Waals surface area contributed by atoms with Gasteiger partial charge in [-0.3, -0.25) is 4.90 Å². The third-order valence-electron chi connectivity index (χ3n) is 7.07. The molecule has 206 valence electrons. The van der Waals surface area contributed by atoms with E-state index in [0.29, 0.717) is 30.2 Å². The van der Waals surface area contributed by atoms with Crippen LogP contribution in [-0.4, -0.2) is 51.3 Å². The van der Waals surface area contributed by atoms with Crippen molar-refractivity contribution in [3.05, 3.63) is 71.4 Å². The molecule has 2 aromatic carbocycles. The summed E-state index contributed by atoms with van der Waals surface area (Å²) < 4.78 is 21.7. The summed E-state index contributed by atoms with van der Waals surface area (Å²) in [6.07, 6.45) is 2.68. The first-order valence-corrected chi connectivity index (χ1v) is 13.2. The smallest absolute Gasteiger partial charge is 0.323 e. The Hall–Kier alpha value is -4.53. The number of hydrogen-bond donors (Lipinski definition) is 3. The molecule has 0 spiro atoms. The number of carbonyl (C=O) groups excluding carboxylic acids is 1. The van der Waals surface area contributed by atoms with Crippen LogP contribution in [-0.2, 0) is 17.7 Å². The molecule has 1 unspecified atom stereocenters. The fourth-order valence-electron chi connectivity index (χ4n) is 5.09. The van der Waals surface area contributed by atoms with Crippen molar-refractivity contribution in [2.45, 2.75) is 39.3 Å². The van der Waals surface area contributed by atoms with E-state index in [1.807, 2.05) is 19.1 Å². The number of aromatic nitrogens is 3. The number of aryl methyl sites for hydroxylation is 1. The van der Waals surface area contributed by atoms with E-state index in [1.165, 1.54) is 12.4 Å². The van der Waals surface area contributed by atoms with Crippen LogP contribution in [0, 0.1) is 24.1 Å². The van der Waals surface area contributed by atoms with E-state index < -0.39 is 11.8 Å². The van der Waals surface area contributed by atoms with Crippen molar-refractivity contribution < 1.29 is 13.9 Å². The number of hydrogen-bond acceptors (Lipinski definition) is 7. The fourth-order valence-corrected chi connectivity index (χ4v) is 5.09. The first-order chi connectivity index (χ1) is 19.4. The lowest BCUT2D eigenvalue weighted by molar-refractivity contribution is -0.0330. The van der Waals surface area contributed by atoms with Crippen molar-refractivity contribution in [3.63, 3.8) is 0 Å². The molecule has 0 saturated carbocycles. The highest BCUT2D eigenvalue weighted by atomic mass is 19.1. The van der Waals surface area contributed by atoms with E-state index in [0.717, 1.165) is 47.5 Å². The van der Waals surface area contributed by atoms with Crippen LogP contribution in [0.15, 0.2) is 48.8 Å². The van der Waals surface area contributed by atoms with Gasteiger partial charge in [0.25, 0.3) is 0 Å². The number of nitriles is 1. The van der Waals surface area contributed by atoms with E-state index in [4.69, 9.17) is 10.5 Å². The number of nitrogen functional groups attached to an aromatic ring is 1. The number of urea groups is 1. The van der Waals surface area contributed by atoms with Gasteiger partial charge >= 0.3 is 6.03 Å². The molecule has 1 saturated heterocycles. The number of anilines is 3. The van der Waals surface area contributed by atoms with Crippen molar-refractivity contribution in [2.24, 2.45) is 0 Å². The molecule has 1 fully saturated rings. The number of nitrogens with one attached hydrogen (secondary N) is 2. The zero-order chi connectivity index (χ0) is 28.2. The zero-order valence-corrected chi connectivity index (χ0v) is 22.4. The van der Waals surface area contributed by atoms with Gasteiger partial charge in [0.2, 0.25) is 0 Å². The number of halogens is 1. The molecule has 5 rings (SSSR count). The number of ether oxygens (including phenoxy) is 1. The van der Waals surface area contributed by atoms with Crippen molar-refractivity contribution in [1.82, 2.24) is 19.5 Å². The molecule has 10 nitrogen and oxygen atoms in total. The van der Waals surface area contributed by atoms with Crippen LogP contribution >= 0.6 is 0 Å². The Morgan fingerprint density at radius 1 is 1.25 bits per heavy atom. The minimum absolute atomic E-state index is 0.101. The predicted molar refractivity (Wildman–Crippen MR) is 151 cm³/mol. The normalized spacial score (nSPS) is 15.6. The van der Waals surface area contributed by atoms with Crippen LogP contribution in [0.2, 0.25) is 0 Å². The highest BCUT2D eigenvalue weighted by Crippen LogP contribution is 2.37. The Labute approximate surface area is 231 Å². The predicted octanol–water partition coefficient (Wildman–Crippen LogP) is 4.75. The average molecular weight is 543 g/mol. The first-order valence-electron chi connectivity index (χ1n) is 13.2. The van der Waals surface area contributed by atoms with Gasteiger partial charge in [-0.1, -0.05) is 25.1 Å². The molecule has 4 aromatic rings. The molecule has 0 bridgehead atoms. The quantitative estimate of drug-likeness (QED) is 0.307. The maximum Gasteiger partial charge on any atom is 0.323 e. The summed E-state index contributed by atoms with van der Waals surface area (Å²) in [7, 11) is 0. The second-order valence-electron chi connectivity index (χ2n) is 9.82. The maximum atomic E-state index is 14.1. The summed E-state index contributed by atoms with van der Waals surface area (Å²) in [6.45, 7) is 6.74. The average Bonchev–Trinajstić information content (AvgIpc) is 3.25. The van der Waals surface area contributed by atoms with Crippen molar-refractivity contribution >= 4 is 28.7 Å². The third kappa shape index (κ3) is 5.59. The van der Waals surface area contributed by atoms with Gasteiger partial charge in [-0.2, -0.15) is 10.4 Å². The van der Waals surface area contributed by atoms with Gasteiger partial charge in [0, 0.05) is 30.9 Å². The van der Waals surface area contributed by atoms with E-state index in [1.54, 1.807) is 28.8 Å². The fraction of sp³-hybridized carbons (Fsp3) is 0.310. The van der Waals surface area contributed by atoms with Crippen LogP contribution in [0.25, 0.3) is 16.6 Å². The Morgan fingerprint density at radius 3 is 2.80 bits per heavy atom. The molecule has 40 heavy (non-hydrogen) atoms. The standard InChI is InChI=1S/C29H31FN8O2/c1-3-21-15-37(12-13-40-21)16-25-22(10-11-31)26(27-28(32)33-17-34-38(25)27)19-5-7-20(8-6-19)35-29(39)36-24-14-18(2)4-9-23(24)30/h4-9,14,17,21H,3,10,12-13,15-16H2,1-2H3,(H2,32,33,34)(H2,35,36,39). The molecular weight excluding hydrogens is 511 g/mol. The number of benzene rings is 2. The molecule has 11 heteroatoms. The van der Waals surface area contributed by atoms with Crippen LogP contribution < -0.4 is 16.4 Å². The number of morpholine rings is 1. The van der Waals surface area contributed by atoms with E-state index in [2.05, 4.69) is 38.6 Å². The summed E-state index contributed by atoms with van der Waals surface area (Å²) in [4.78, 5) is 19.1. The molecular formula is C29H31FN8O2. The summed E-state index contributed by atoms with van der Waals surface area (Å²) in [5, 5.41) is 19.5. The summed E-state index contributed by atoms with van der Waals surface area (Å²) >= 11 is 0. The molecule has 1 aliphatic heterocycles. The van der Waals surface area contributed by atoms with Gasteiger partial charge in [0.05, 0.1) is 36.6 Å². The Balaban J connectivity index is 1.45. The van der Waals surface area contributed by atoms with Gasteiger partial charge in [0.15, 0.2) is 5.82 Å².